The molecule has 45 heavy (non-hydrogen) atoms. The number of nitrogens with two attached hydrogens (primary N) is 1. The Bertz CT molecular complexity index is 1830. The molecule has 3 aliphatic carbocycles. The van der Waals surface area contributed by atoms with Gasteiger partial charge in [-0.15, -0.1) is 4.52 Å². The second-order valence-corrected chi connectivity index (χ2v) is 13.4. The number of fused-ring (bicyclic) bond motifs is 2. The van der Waals surface area contributed by atoms with Crippen LogP contribution in [0.15, 0.2) is 77.3 Å². The molecule has 0 radical (unpaired) electrons. The maximum Gasteiger partial charge on any atom is 0.351 e. The van der Waals surface area contributed by atoms with E-state index >= 15 is 0 Å². The number of likely N-dealkylation sites (N-methyl/N-ethyl adjacent to an activating group) is 1. The number of aryl methyl sites for hydroxylation is 1. The van der Waals surface area contributed by atoms with E-state index in [0.29, 0.717) is 47.6 Å². The molecule has 0 aliphatic heterocycles. The lowest BCUT2D eigenvalue weighted by molar-refractivity contribution is -0.577. The predicted octanol–water partition coefficient (Wildman–Crippen LogP) is 5.24. The number of ketones is 1. The molecule has 1 aromatic carbocycles. The fraction of sp³-hybridized carbons (Fsp3) is 0.400. The van der Waals surface area contributed by atoms with Crippen LogP contribution in [0.3, 0.4) is 0 Å². The van der Waals surface area contributed by atoms with E-state index in [1.54, 1.807) is 6.33 Å². The normalized spacial score (nSPS) is 25.9. The summed E-state index contributed by atoms with van der Waals surface area (Å²) in [6.45, 7) is 6.82. The fourth-order valence-electron chi connectivity index (χ4n) is 8.47. The molecule has 10 nitrogen and oxygen atoms in total. The van der Waals surface area contributed by atoms with Crippen molar-refractivity contribution in [3.63, 3.8) is 0 Å². The highest BCUT2D eigenvalue weighted by Crippen LogP contribution is 2.68. The molecule has 4 aromatic rings. The number of Topliss-reactive ketones (excluding diaryl/α,β-unsaturated/α-hetero) is 1. The monoisotopic (exact) mass is 605 g/mol. The number of H-pyrrole nitrogens is 2. The topological polar surface area (TPSA) is 129 Å². The second-order valence-electron chi connectivity index (χ2n) is 13.4. The van der Waals surface area contributed by atoms with Crippen molar-refractivity contribution in [2.75, 3.05) is 20.6 Å². The molecule has 3 fully saturated rings. The molecule has 5 atom stereocenters. The SMILES string of the molecule is C=C(CN(C)C)C(=O)[C@]12CC3CC(c4cc[nH]c4C(N=CN)=Nc4ccc(Oc5cc[n+]6[nH]cnc6c5)c(C)c4)CC(C1)C2C3. The van der Waals surface area contributed by atoms with Crippen molar-refractivity contribution >= 4 is 29.3 Å². The summed E-state index contributed by atoms with van der Waals surface area (Å²) in [6, 6.07) is 11.8. The molecule has 0 spiro atoms. The van der Waals surface area contributed by atoms with E-state index in [1.807, 2.05) is 73.2 Å². The van der Waals surface area contributed by atoms with Crippen molar-refractivity contribution in [1.82, 2.24) is 20.0 Å². The van der Waals surface area contributed by atoms with E-state index in [0.717, 1.165) is 66.0 Å². The van der Waals surface area contributed by atoms with E-state index in [2.05, 4.69) is 32.7 Å². The summed E-state index contributed by atoms with van der Waals surface area (Å²) in [7, 11) is 4.00. The summed E-state index contributed by atoms with van der Waals surface area (Å²) in [6.07, 6.45) is 12.1. The number of carbonyl (C=O) groups excluding carboxylic acids is 1. The minimum atomic E-state index is -0.177. The van der Waals surface area contributed by atoms with Crippen LogP contribution in [0.25, 0.3) is 5.65 Å². The number of nitrogens with zero attached hydrogens (tertiary/aromatic N) is 5. The predicted molar refractivity (Wildman–Crippen MR) is 174 cm³/mol. The van der Waals surface area contributed by atoms with Crippen molar-refractivity contribution in [3.05, 3.63) is 84.1 Å². The van der Waals surface area contributed by atoms with Crippen LogP contribution in [0, 0.1) is 30.1 Å². The molecule has 0 amide bonds. The number of aromatic amines is 2. The van der Waals surface area contributed by atoms with Gasteiger partial charge in [-0.1, -0.05) is 6.58 Å². The molecule has 0 saturated heterocycles. The van der Waals surface area contributed by atoms with Crippen LogP contribution in [0.5, 0.6) is 11.5 Å². The zero-order chi connectivity index (χ0) is 31.3. The minimum Gasteiger partial charge on any atom is -0.457 e. The largest absolute Gasteiger partial charge is 0.457 e. The zero-order valence-electron chi connectivity index (χ0n) is 26.2. The number of amidine groups is 1. The number of pyridine rings is 1. The van der Waals surface area contributed by atoms with Crippen LogP contribution >= 0.6 is 0 Å². The van der Waals surface area contributed by atoms with E-state index < -0.39 is 0 Å². The quantitative estimate of drug-likeness (QED) is 0.104. The molecule has 4 N–H and O–H groups in total. The first-order chi connectivity index (χ1) is 21.7. The highest BCUT2D eigenvalue weighted by molar-refractivity contribution is 6.04. The number of nitrogens with one attached hydrogen (secondary N) is 2. The summed E-state index contributed by atoms with van der Waals surface area (Å²) < 4.78 is 7.98. The van der Waals surface area contributed by atoms with Crippen molar-refractivity contribution in [2.24, 2.45) is 38.9 Å². The van der Waals surface area contributed by atoms with Crippen molar-refractivity contribution in [2.45, 2.75) is 44.9 Å². The Morgan fingerprint density at radius 3 is 2.89 bits per heavy atom. The molecule has 232 valence electrons. The van der Waals surface area contributed by atoms with Crippen LogP contribution in [0.2, 0.25) is 0 Å². The molecule has 3 aromatic heterocycles. The number of rotatable bonds is 9. The van der Waals surface area contributed by atoms with Crippen LogP contribution in [0.4, 0.5) is 5.69 Å². The van der Waals surface area contributed by atoms with E-state index in [-0.39, 0.29) is 5.41 Å². The third-order valence-electron chi connectivity index (χ3n) is 10.2. The zero-order valence-corrected chi connectivity index (χ0v) is 26.2. The van der Waals surface area contributed by atoms with E-state index in [4.69, 9.17) is 15.5 Å². The third kappa shape index (κ3) is 5.27. The number of benzene rings is 1. The maximum atomic E-state index is 13.6. The van der Waals surface area contributed by atoms with Crippen LogP contribution in [0.1, 0.15) is 54.8 Å². The number of hydrogen-bond donors (Lipinski definition) is 3. The van der Waals surface area contributed by atoms with Gasteiger partial charge in [-0.05, 0) is 117 Å². The van der Waals surface area contributed by atoms with Gasteiger partial charge in [0.1, 0.15) is 17.7 Å². The van der Waals surface area contributed by atoms with Crippen molar-refractivity contribution < 1.29 is 14.0 Å². The molecule has 3 heterocycles. The first kappa shape index (κ1) is 29.2. The minimum absolute atomic E-state index is 0.177. The molecular formula is C35H41N8O2+. The lowest BCUT2D eigenvalue weighted by Gasteiger charge is -2.52. The lowest BCUT2D eigenvalue weighted by Crippen LogP contribution is -2.51. The Kier molecular flexibility index (Phi) is 7.40. The van der Waals surface area contributed by atoms with Gasteiger partial charge in [0.2, 0.25) is 6.33 Å². The highest BCUT2D eigenvalue weighted by atomic mass is 16.5. The number of aliphatic imine (C=N–C) groups is 2. The van der Waals surface area contributed by atoms with Crippen LogP contribution in [-0.2, 0) is 4.79 Å². The number of carbonyl (C=O) groups is 1. The highest BCUT2D eigenvalue weighted by Gasteiger charge is 2.64. The standard InChI is InChI=1S/C35H40N8O2/c1-21-11-26(5-6-30(21)45-27-8-10-43-31(15-27)39-20-40-43)41-34(38-19-36)32-28(7-9-37-32)24-12-23-13-29-25(14-24)17-35(29,16-23)33(44)22(2)18-42(3)4/h5-11,15,19-20,23-25,29H,2,12-14,16-18H2,1,3-4H3,(H3,36,37,38,41)/p+1/t23?,24?,25?,29?,35-/m1/s1. The molecule has 2 bridgehead atoms. The molecule has 7 rings (SSSR count). The van der Waals surface area contributed by atoms with Crippen molar-refractivity contribution in [1.29, 1.82) is 0 Å². The summed E-state index contributed by atoms with van der Waals surface area (Å²) >= 11 is 0. The van der Waals surface area contributed by atoms with Crippen LogP contribution < -0.4 is 15.0 Å². The van der Waals surface area contributed by atoms with Gasteiger partial charge in [-0.25, -0.2) is 9.98 Å². The Morgan fingerprint density at radius 1 is 1.22 bits per heavy atom. The second kappa shape index (κ2) is 11.4. The molecule has 4 unspecified atom stereocenters. The van der Waals surface area contributed by atoms with Gasteiger partial charge in [0.15, 0.2) is 11.6 Å². The Morgan fingerprint density at radius 2 is 2.09 bits per heavy atom. The Labute approximate surface area is 263 Å². The van der Waals surface area contributed by atoms with Gasteiger partial charge in [-0.2, -0.15) is 5.10 Å². The molecular weight excluding hydrogens is 564 g/mol. The summed E-state index contributed by atoms with van der Waals surface area (Å²) in [5.74, 6) is 4.26. The summed E-state index contributed by atoms with van der Waals surface area (Å²) in [5.41, 5.74) is 11.0. The van der Waals surface area contributed by atoms with Gasteiger partial charge >= 0.3 is 5.65 Å². The number of hydrogen-bond acceptors (Lipinski definition) is 5. The first-order valence-corrected chi connectivity index (χ1v) is 15.8. The summed E-state index contributed by atoms with van der Waals surface area (Å²) in [5, 5.41) is 3.02. The molecule has 3 saturated carbocycles. The van der Waals surface area contributed by atoms with Gasteiger partial charge in [0.05, 0.1) is 23.8 Å². The Hall–Kier alpha value is -4.57. The van der Waals surface area contributed by atoms with Gasteiger partial charge in [0, 0.05) is 29.8 Å². The summed E-state index contributed by atoms with van der Waals surface area (Å²) in [4.78, 5) is 32.8. The van der Waals surface area contributed by atoms with Crippen molar-refractivity contribution in [3.8, 4) is 11.5 Å². The number of aromatic nitrogens is 4. The average Bonchev–Trinajstić information content (AvgIpc) is 3.70. The number of ether oxygens (including phenoxy) is 1. The smallest absolute Gasteiger partial charge is 0.351 e. The first-order valence-electron chi connectivity index (χ1n) is 15.8. The van der Waals surface area contributed by atoms with Gasteiger partial charge in [-0.3, -0.25) is 4.79 Å². The maximum absolute atomic E-state index is 13.6. The fourth-order valence-corrected chi connectivity index (χ4v) is 8.47. The van der Waals surface area contributed by atoms with E-state index in [9.17, 15) is 4.79 Å². The molecule has 10 heteroatoms. The third-order valence-corrected chi connectivity index (χ3v) is 10.2. The van der Waals surface area contributed by atoms with Gasteiger partial charge < -0.3 is 20.4 Å². The van der Waals surface area contributed by atoms with E-state index in [1.165, 1.54) is 11.9 Å². The van der Waals surface area contributed by atoms with Gasteiger partial charge in [0.25, 0.3) is 0 Å². The lowest BCUT2D eigenvalue weighted by atomic mass is 9.50. The molecule has 3 aliphatic rings. The van der Waals surface area contributed by atoms with Crippen LogP contribution in [-0.4, -0.2) is 58.6 Å². The Balaban J connectivity index is 1.10. The average molecular weight is 606 g/mol.